The van der Waals surface area contributed by atoms with Gasteiger partial charge in [-0.2, -0.15) is 0 Å². The first-order valence-corrected chi connectivity index (χ1v) is 7.38. The quantitative estimate of drug-likeness (QED) is 0.919. The van der Waals surface area contributed by atoms with E-state index in [-0.39, 0.29) is 11.9 Å². The van der Waals surface area contributed by atoms with Crippen LogP contribution >= 0.6 is 11.6 Å². The summed E-state index contributed by atoms with van der Waals surface area (Å²) < 4.78 is 14.0. The SMILES string of the molecule is CC1CCCN(C(CN)c2cc(Cl)ccc2F)CC1. The standard InChI is InChI=1S/C15H22ClFN2/c1-11-3-2-7-19(8-6-11)15(10-18)13-9-12(16)4-5-14(13)17/h4-5,9,11,15H,2-3,6-8,10,18H2,1H3. The summed E-state index contributed by atoms with van der Waals surface area (Å²) in [4.78, 5) is 2.30. The maximum absolute atomic E-state index is 14.0. The molecule has 1 heterocycles. The summed E-state index contributed by atoms with van der Waals surface area (Å²) in [6.07, 6.45) is 3.55. The lowest BCUT2D eigenvalue weighted by molar-refractivity contribution is 0.203. The molecule has 1 aromatic rings. The Balaban J connectivity index is 2.21. The van der Waals surface area contributed by atoms with Crippen molar-refractivity contribution in [1.29, 1.82) is 0 Å². The normalized spacial score (nSPS) is 23.1. The second-order valence-corrected chi connectivity index (χ2v) is 5.93. The van der Waals surface area contributed by atoms with Crippen LogP contribution in [-0.4, -0.2) is 24.5 Å². The molecule has 2 unspecified atom stereocenters. The monoisotopic (exact) mass is 284 g/mol. The van der Waals surface area contributed by atoms with Crippen LogP contribution in [0.15, 0.2) is 18.2 Å². The summed E-state index contributed by atoms with van der Waals surface area (Å²) >= 11 is 5.99. The number of benzene rings is 1. The largest absolute Gasteiger partial charge is 0.329 e. The molecule has 1 fully saturated rings. The van der Waals surface area contributed by atoms with Crippen molar-refractivity contribution in [1.82, 2.24) is 4.90 Å². The molecule has 106 valence electrons. The highest BCUT2D eigenvalue weighted by molar-refractivity contribution is 6.30. The minimum atomic E-state index is -0.211. The third kappa shape index (κ3) is 3.68. The van der Waals surface area contributed by atoms with Gasteiger partial charge in [-0.05, 0) is 56.5 Å². The topological polar surface area (TPSA) is 29.3 Å². The lowest BCUT2D eigenvalue weighted by Gasteiger charge is -2.30. The number of halogens is 2. The molecule has 0 radical (unpaired) electrons. The number of nitrogens with zero attached hydrogens (tertiary/aromatic N) is 1. The van der Waals surface area contributed by atoms with Gasteiger partial charge >= 0.3 is 0 Å². The van der Waals surface area contributed by atoms with E-state index in [2.05, 4.69) is 11.8 Å². The molecule has 1 aromatic carbocycles. The molecule has 4 heteroatoms. The van der Waals surface area contributed by atoms with Crippen LogP contribution in [0.1, 0.15) is 37.8 Å². The zero-order chi connectivity index (χ0) is 13.8. The number of hydrogen-bond acceptors (Lipinski definition) is 2. The lowest BCUT2D eigenvalue weighted by atomic mass is 10.0. The van der Waals surface area contributed by atoms with Gasteiger partial charge in [-0.1, -0.05) is 18.5 Å². The van der Waals surface area contributed by atoms with E-state index in [1.807, 2.05) is 0 Å². The molecule has 2 nitrogen and oxygen atoms in total. The molecule has 0 bridgehead atoms. The Morgan fingerprint density at radius 3 is 2.95 bits per heavy atom. The fourth-order valence-corrected chi connectivity index (χ4v) is 3.02. The van der Waals surface area contributed by atoms with Crippen LogP contribution in [0.2, 0.25) is 5.02 Å². The molecule has 0 aliphatic carbocycles. The molecular weight excluding hydrogens is 263 g/mol. The van der Waals surface area contributed by atoms with Gasteiger partial charge in [0.15, 0.2) is 0 Å². The average Bonchev–Trinajstić information content (AvgIpc) is 2.60. The van der Waals surface area contributed by atoms with Gasteiger partial charge in [0, 0.05) is 23.2 Å². The van der Waals surface area contributed by atoms with Crippen molar-refractivity contribution in [2.24, 2.45) is 11.7 Å². The predicted molar refractivity (Wildman–Crippen MR) is 77.8 cm³/mol. The maximum atomic E-state index is 14.0. The van der Waals surface area contributed by atoms with Gasteiger partial charge in [0.2, 0.25) is 0 Å². The fourth-order valence-electron chi connectivity index (χ4n) is 2.84. The second kappa shape index (κ2) is 6.69. The fraction of sp³-hybridized carbons (Fsp3) is 0.600. The number of nitrogens with two attached hydrogens (primary N) is 1. The summed E-state index contributed by atoms with van der Waals surface area (Å²) in [7, 11) is 0. The Labute approximate surface area is 119 Å². The summed E-state index contributed by atoms with van der Waals surface area (Å²) in [5, 5.41) is 0.568. The molecule has 1 aliphatic rings. The Kier molecular flexibility index (Phi) is 5.20. The van der Waals surface area contributed by atoms with E-state index in [0.29, 0.717) is 17.1 Å². The van der Waals surface area contributed by atoms with Crippen molar-refractivity contribution in [3.05, 3.63) is 34.6 Å². The summed E-state index contributed by atoms with van der Waals surface area (Å²) in [5.41, 5.74) is 6.52. The molecule has 2 rings (SSSR count). The smallest absolute Gasteiger partial charge is 0.128 e. The minimum Gasteiger partial charge on any atom is -0.329 e. The summed E-state index contributed by atoms with van der Waals surface area (Å²) in [6, 6.07) is 4.66. The molecule has 1 saturated heterocycles. The maximum Gasteiger partial charge on any atom is 0.128 e. The lowest BCUT2D eigenvalue weighted by Crippen LogP contribution is -2.35. The van der Waals surface area contributed by atoms with Gasteiger partial charge in [-0.25, -0.2) is 4.39 Å². The van der Waals surface area contributed by atoms with Gasteiger partial charge in [0.1, 0.15) is 5.82 Å². The van der Waals surface area contributed by atoms with E-state index in [9.17, 15) is 4.39 Å². The van der Waals surface area contributed by atoms with E-state index in [1.54, 1.807) is 12.1 Å². The van der Waals surface area contributed by atoms with Gasteiger partial charge in [-0.15, -0.1) is 0 Å². The Morgan fingerprint density at radius 2 is 2.21 bits per heavy atom. The highest BCUT2D eigenvalue weighted by Gasteiger charge is 2.24. The predicted octanol–water partition coefficient (Wildman–Crippen LogP) is 3.60. The van der Waals surface area contributed by atoms with Crippen molar-refractivity contribution < 1.29 is 4.39 Å². The first-order chi connectivity index (χ1) is 9.11. The first-order valence-electron chi connectivity index (χ1n) is 7.01. The Morgan fingerprint density at radius 1 is 1.42 bits per heavy atom. The summed E-state index contributed by atoms with van der Waals surface area (Å²) in [5.74, 6) is 0.532. The van der Waals surface area contributed by atoms with Crippen LogP contribution in [0.3, 0.4) is 0 Å². The number of hydrogen-bond donors (Lipinski definition) is 1. The highest BCUT2D eigenvalue weighted by atomic mass is 35.5. The van der Waals surface area contributed by atoms with E-state index < -0.39 is 0 Å². The molecular formula is C15H22ClFN2. The van der Waals surface area contributed by atoms with Gasteiger partial charge < -0.3 is 5.73 Å². The summed E-state index contributed by atoms with van der Waals surface area (Å²) in [6.45, 7) is 4.67. The molecule has 0 amide bonds. The number of rotatable bonds is 3. The van der Waals surface area contributed by atoms with Gasteiger partial charge in [-0.3, -0.25) is 4.90 Å². The Bertz CT molecular complexity index is 425. The Hall–Kier alpha value is -0.640. The van der Waals surface area contributed by atoms with Crippen molar-refractivity contribution >= 4 is 11.6 Å². The number of likely N-dealkylation sites (tertiary alicyclic amines) is 1. The third-order valence-electron chi connectivity index (χ3n) is 4.03. The van der Waals surface area contributed by atoms with Crippen molar-refractivity contribution in [2.75, 3.05) is 19.6 Å². The van der Waals surface area contributed by atoms with E-state index in [0.717, 1.165) is 31.8 Å². The second-order valence-electron chi connectivity index (χ2n) is 5.49. The van der Waals surface area contributed by atoms with E-state index >= 15 is 0 Å². The van der Waals surface area contributed by atoms with Crippen LogP contribution in [0.25, 0.3) is 0 Å². The van der Waals surface area contributed by atoms with E-state index in [4.69, 9.17) is 17.3 Å². The highest BCUT2D eigenvalue weighted by Crippen LogP contribution is 2.28. The van der Waals surface area contributed by atoms with Crippen LogP contribution in [0, 0.1) is 11.7 Å². The molecule has 1 aliphatic heterocycles. The average molecular weight is 285 g/mol. The van der Waals surface area contributed by atoms with Crippen LogP contribution in [0.4, 0.5) is 4.39 Å². The molecule has 2 N–H and O–H groups in total. The van der Waals surface area contributed by atoms with Crippen LogP contribution in [-0.2, 0) is 0 Å². The molecule has 0 aromatic heterocycles. The molecule has 19 heavy (non-hydrogen) atoms. The van der Waals surface area contributed by atoms with Crippen molar-refractivity contribution in [2.45, 2.75) is 32.2 Å². The van der Waals surface area contributed by atoms with Crippen LogP contribution in [0.5, 0.6) is 0 Å². The first kappa shape index (κ1) is 14.8. The van der Waals surface area contributed by atoms with E-state index in [1.165, 1.54) is 12.5 Å². The zero-order valence-corrected chi connectivity index (χ0v) is 12.2. The third-order valence-corrected chi connectivity index (χ3v) is 4.27. The van der Waals surface area contributed by atoms with Crippen molar-refractivity contribution in [3.63, 3.8) is 0 Å². The van der Waals surface area contributed by atoms with Gasteiger partial charge in [0.25, 0.3) is 0 Å². The zero-order valence-electron chi connectivity index (χ0n) is 11.4. The molecule has 2 atom stereocenters. The molecule has 0 saturated carbocycles. The van der Waals surface area contributed by atoms with Crippen LogP contribution < -0.4 is 5.73 Å². The van der Waals surface area contributed by atoms with Crippen molar-refractivity contribution in [3.8, 4) is 0 Å². The van der Waals surface area contributed by atoms with Gasteiger partial charge in [0.05, 0.1) is 0 Å². The molecule has 0 spiro atoms. The minimum absolute atomic E-state index is 0.0657.